The summed E-state index contributed by atoms with van der Waals surface area (Å²) in [5.41, 5.74) is 3.22. The van der Waals surface area contributed by atoms with Gasteiger partial charge in [0.25, 0.3) is 11.8 Å². The van der Waals surface area contributed by atoms with E-state index in [4.69, 9.17) is 0 Å². The molecule has 1 aromatic heterocycles. The van der Waals surface area contributed by atoms with Gasteiger partial charge in [0.15, 0.2) is 0 Å². The van der Waals surface area contributed by atoms with E-state index in [-0.39, 0.29) is 16.1 Å². The number of hydrazone groups is 1. The zero-order valence-electron chi connectivity index (χ0n) is 14.7. The number of hydrogen-bond acceptors (Lipinski definition) is 6. The highest BCUT2D eigenvalue weighted by Gasteiger charge is 2.10. The number of halogens is 1. The lowest BCUT2D eigenvalue weighted by atomic mass is 10.1. The highest BCUT2D eigenvalue weighted by Crippen LogP contribution is 2.22. The van der Waals surface area contributed by atoms with Crippen molar-refractivity contribution in [3.05, 3.63) is 92.6 Å². The van der Waals surface area contributed by atoms with Gasteiger partial charge in [-0.25, -0.2) is 9.82 Å². The van der Waals surface area contributed by atoms with Gasteiger partial charge in [-0.15, -0.1) is 0 Å². The summed E-state index contributed by atoms with van der Waals surface area (Å²) in [5.74, 6) is -1.41. The van der Waals surface area contributed by atoms with Crippen molar-refractivity contribution in [3.63, 3.8) is 0 Å². The summed E-state index contributed by atoms with van der Waals surface area (Å²) in [4.78, 5) is 35.0. The predicted molar refractivity (Wildman–Crippen MR) is 107 cm³/mol. The standard InChI is InChI=1S/C19H13FN4O4S/c20-14-6-4-12(5-7-14)18(25)22-15-3-1-2-13(10-15)19(26)23-21-11-16-8-9-17(29-16)24(27)28/h1-11H,(H,22,25)(H,23,26). The lowest BCUT2D eigenvalue weighted by Gasteiger charge is -2.07. The van der Waals surface area contributed by atoms with E-state index in [9.17, 15) is 24.1 Å². The van der Waals surface area contributed by atoms with Crippen LogP contribution in [0.1, 0.15) is 25.6 Å². The quantitative estimate of drug-likeness (QED) is 0.364. The minimum absolute atomic E-state index is 0.0256. The first-order valence-corrected chi connectivity index (χ1v) is 8.98. The number of carbonyl (C=O) groups is 2. The van der Waals surface area contributed by atoms with Crippen molar-refractivity contribution in [3.8, 4) is 0 Å². The molecule has 2 amide bonds. The van der Waals surface area contributed by atoms with Gasteiger partial charge in [0, 0.05) is 22.9 Å². The third kappa shape index (κ3) is 5.30. The molecule has 0 saturated carbocycles. The van der Waals surface area contributed by atoms with Crippen LogP contribution in [-0.4, -0.2) is 23.0 Å². The summed E-state index contributed by atoms with van der Waals surface area (Å²) >= 11 is 0.926. The molecule has 0 fully saturated rings. The minimum Gasteiger partial charge on any atom is -0.322 e. The summed E-state index contributed by atoms with van der Waals surface area (Å²) in [6.07, 6.45) is 1.30. The zero-order chi connectivity index (χ0) is 20.8. The zero-order valence-corrected chi connectivity index (χ0v) is 15.5. The Morgan fingerprint density at radius 3 is 2.48 bits per heavy atom. The van der Waals surface area contributed by atoms with Gasteiger partial charge in [-0.2, -0.15) is 5.10 Å². The predicted octanol–water partition coefficient (Wildman–Crippen LogP) is 3.81. The molecule has 8 nitrogen and oxygen atoms in total. The molecule has 0 bridgehead atoms. The van der Waals surface area contributed by atoms with E-state index < -0.39 is 22.6 Å². The lowest BCUT2D eigenvalue weighted by Crippen LogP contribution is -2.18. The molecule has 0 atom stereocenters. The Hall–Kier alpha value is -3.92. The molecule has 0 aliphatic carbocycles. The molecular formula is C19H13FN4O4S. The number of carbonyl (C=O) groups excluding carboxylic acids is 2. The smallest absolute Gasteiger partial charge is 0.322 e. The van der Waals surface area contributed by atoms with Crippen molar-refractivity contribution in [2.45, 2.75) is 0 Å². The highest BCUT2D eigenvalue weighted by atomic mass is 32.1. The molecule has 2 aromatic carbocycles. The van der Waals surface area contributed by atoms with Crippen LogP contribution in [-0.2, 0) is 0 Å². The molecule has 0 radical (unpaired) electrons. The topological polar surface area (TPSA) is 114 Å². The van der Waals surface area contributed by atoms with E-state index in [2.05, 4.69) is 15.8 Å². The largest absolute Gasteiger partial charge is 0.324 e. The number of nitrogens with zero attached hydrogens (tertiary/aromatic N) is 2. The summed E-state index contributed by atoms with van der Waals surface area (Å²) in [7, 11) is 0. The molecule has 0 saturated heterocycles. The van der Waals surface area contributed by atoms with Gasteiger partial charge in [0.1, 0.15) is 5.82 Å². The average molecular weight is 412 g/mol. The number of thiophene rings is 1. The van der Waals surface area contributed by atoms with E-state index in [1.165, 1.54) is 54.7 Å². The van der Waals surface area contributed by atoms with Crippen LogP contribution in [0.2, 0.25) is 0 Å². The third-order valence-electron chi connectivity index (χ3n) is 3.64. The van der Waals surface area contributed by atoms with Crippen LogP contribution in [0.25, 0.3) is 0 Å². The molecule has 0 spiro atoms. The van der Waals surface area contributed by atoms with Gasteiger partial charge < -0.3 is 5.32 Å². The first kappa shape index (κ1) is 19.8. The summed E-state index contributed by atoms with van der Waals surface area (Å²) in [6, 6.07) is 14.1. The Balaban J connectivity index is 1.62. The molecule has 2 N–H and O–H groups in total. The fourth-order valence-electron chi connectivity index (χ4n) is 2.27. The van der Waals surface area contributed by atoms with E-state index in [0.29, 0.717) is 10.6 Å². The number of rotatable bonds is 6. The first-order valence-electron chi connectivity index (χ1n) is 8.17. The fraction of sp³-hybridized carbons (Fsp3) is 0. The SMILES string of the molecule is O=C(NN=Cc1ccc([N+](=O)[O-])s1)c1cccc(NC(=O)c2ccc(F)cc2)c1. The van der Waals surface area contributed by atoms with E-state index in [1.807, 2.05) is 0 Å². The number of hydrogen-bond donors (Lipinski definition) is 2. The van der Waals surface area contributed by atoms with Gasteiger partial charge in [0.2, 0.25) is 0 Å². The second-order valence-electron chi connectivity index (χ2n) is 5.67. The number of anilines is 1. The van der Waals surface area contributed by atoms with Crippen LogP contribution < -0.4 is 10.7 Å². The first-order chi connectivity index (χ1) is 13.9. The maximum absolute atomic E-state index is 12.9. The van der Waals surface area contributed by atoms with Crippen molar-refractivity contribution in [2.24, 2.45) is 5.10 Å². The Morgan fingerprint density at radius 2 is 1.79 bits per heavy atom. The van der Waals surface area contributed by atoms with Crippen LogP contribution in [0.4, 0.5) is 15.1 Å². The highest BCUT2D eigenvalue weighted by molar-refractivity contribution is 7.16. The molecule has 3 rings (SSSR count). The molecule has 0 aliphatic rings. The van der Waals surface area contributed by atoms with E-state index in [0.717, 1.165) is 11.3 Å². The van der Waals surface area contributed by atoms with Crippen LogP contribution in [0.5, 0.6) is 0 Å². The summed E-state index contributed by atoms with van der Waals surface area (Å²) in [6.45, 7) is 0. The van der Waals surface area contributed by atoms with Crippen molar-refractivity contribution in [1.82, 2.24) is 5.43 Å². The van der Waals surface area contributed by atoms with Gasteiger partial charge in [-0.3, -0.25) is 19.7 Å². The van der Waals surface area contributed by atoms with Crippen molar-refractivity contribution >= 4 is 40.1 Å². The Labute approximate surface area is 167 Å². The molecule has 146 valence electrons. The minimum atomic E-state index is -0.523. The maximum atomic E-state index is 12.9. The molecule has 29 heavy (non-hydrogen) atoms. The molecular weight excluding hydrogens is 399 g/mol. The van der Waals surface area contributed by atoms with Crippen molar-refractivity contribution < 1.29 is 18.9 Å². The monoisotopic (exact) mass is 412 g/mol. The molecule has 0 unspecified atom stereocenters. The van der Waals surface area contributed by atoms with Gasteiger partial charge >= 0.3 is 5.00 Å². The van der Waals surface area contributed by atoms with Gasteiger partial charge in [0.05, 0.1) is 16.0 Å². The van der Waals surface area contributed by atoms with Crippen LogP contribution >= 0.6 is 11.3 Å². The second kappa shape index (κ2) is 8.85. The van der Waals surface area contributed by atoms with Crippen LogP contribution in [0.3, 0.4) is 0 Å². The van der Waals surface area contributed by atoms with Gasteiger partial charge in [-0.05, 0) is 48.5 Å². The number of nitro groups is 1. The number of nitrogens with one attached hydrogen (secondary N) is 2. The van der Waals surface area contributed by atoms with E-state index in [1.54, 1.807) is 12.1 Å². The number of benzene rings is 2. The molecule has 0 aliphatic heterocycles. The van der Waals surface area contributed by atoms with Crippen molar-refractivity contribution in [1.29, 1.82) is 0 Å². The van der Waals surface area contributed by atoms with Crippen molar-refractivity contribution in [2.75, 3.05) is 5.32 Å². The van der Waals surface area contributed by atoms with E-state index >= 15 is 0 Å². The lowest BCUT2D eigenvalue weighted by molar-refractivity contribution is -0.380. The van der Waals surface area contributed by atoms with Crippen LogP contribution in [0.15, 0.2) is 65.8 Å². The number of amides is 2. The molecule has 10 heteroatoms. The summed E-state index contributed by atoms with van der Waals surface area (Å²) < 4.78 is 12.9. The molecule has 3 aromatic rings. The van der Waals surface area contributed by atoms with Gasteiger partial charge in [-0.1, -0.05) is 17.4 Å². The Morgan fingerprint density at radius 1 is 1.03 bits per heavy atom. The molecule has 1 heterocycles. The Bertz CT molecular complexity index is 1100. The Kier molecular flexibility index (Phi) is 6.05. The second-order valence-corrected chi connectivity index (χ2v) is 6.77. The third-order valence-corrected chi connectivity index (χ3v) is 4.61. The summed E-state index contributed by atoms with van der Waals surface area (Å²) in [5, 5.41) is 17.0. The normalized spacial score (nSPS) is 10.7. The van der Waals surface area contributed by atoms with Crippen LogP contribution in [0, 0.1) is 15.9 Å². The average Bonchev–Trinajstić information content (AvgIpc) is 3.18. The fourth-order valence-corrected chi connectivity index (χ4v) is 2.97. The maximum Gasteiger partial charge on any atom is 0.324 e.